The molecule has 3 fully saturated rings. The molecule has 38 heavy (non-hydrogen) atoms. The summed E-state index contributed by atoms with van der Waals surface area (Å²) in [4.78, 5) is 16.3. The number of aromatic nitrogens is 1. The fraction of sp³-hybridized carbons (Fsp3) is 0.483. The largest absolute Gasteiger partial charge is 0.496 e. The van der Waals surface area contributed by atoms with Gasteiger partial charge >= 0.3 is 5.97 Å². The summed E-state index contributed by atoms with van der Waals surface area (Å²) in [7, 11) is 1.71. The van der Waals surface area contributed by atoms with Crippen LogP contribution in [0.2, 0.25) is 0 Å². The number of aryl methyl sites for hydroxylation is 1. The molecule has 0 atom stereocenters. The normalized spacial score (nSPS) is 20.2. The lowest BCUT2D eigenvalue weighted by molar-refractivity contribution is -0.178. The van der Waals surface area contributed by atoms with Gasteiger partial charge in [-0.25, -0.2) is 13.6 Å². The molecule has 2 aromatic carbocycles. The number of H-pyrrole nitrogens is 1. The van der Waals surface area contributed by atoms with E-state index in [-0.39, 0.29) is 18.3 Å². The number of methoxy groups -OCH3 is 1. The molecule has 3 aliphatic rings. The topological polar surface area (TPSA) is 86.8 Å². The van der Waals surface area contributed by atoms with Gasteiger partial charge in [0.15, 0.2) is 0 Å². The standard InChI is InChI=1S/C19H24F2N2O.C10H11NO3/c1-13-9-16(24-2)15(14-3-6-22-17(13)14)10-23-7-4-18(5-8-23)11-19(20,21)12-18;12-10(13)7-2-1-3-8(4-7)11-9-5-14-6-9/h3,6,9,22H,4-5,7-8,10-12H2,1-2H3;1-4,9,11H,5-6H2,(H,12,13). The second-order valence-corrected chi connectivity index (χ2v) is 10.9. The molecule has 1 spiro atoms. The van der Waals surface area contributed by atoms with E-state index in [9.17, 15) is 13.6 Å². The Bertz CT molecular complexity index is 1290. The molecule has 0 radical (unpaired) electrons. The summed E-state index contributed by atoms with van der Waals surface area (Å²) in [6, 6.07) is 11.3. The van der Waals surface area contributed by atoms with E-state index >= 15 is 0 Å². The number of alkyl halides is 2. The second kappa shape index (κ2) is 10.5. The summed E-state index contributed by atoms with van der Waals surface area (Å²) in [5.74, 6) is -2.41. The van der Waals surface area contributed by atoms with Crippen LogP contribution in [0.5, 0.6) is 5.75 Å². The molecular weight excluding hydrogens is 492 g/mol. The van der Waals surface area contributed by atoms with Gasteiger partial charge in [-0.3, -0.25) is 4.90 Å². The Morgan fingerprint density at radius 3 is 2.55 bits per heavy atom. The zero-order valence-corrected chi connectivity index (χ0v) is 21.9. The van der Waals surface area contributed by atoms with Gasteiger partial charge in [0.25, 0.3) is 0 Å². The number of nitrogens with zero attached hydrogens (tertiary/aromatic N) is 1. The van der Waals surface area contributed by atoms with Crippen molar-refractivity contribution in [2.24, 2.45) is 5.41 Å². The molecule has 204 valence electrons. The van der Waals surface area contributed by atoms with Crippen LogP contribution in [-0.4, -0.2) is 66.3 Å². The lowest BCUT2D eigenvalue weighted by Gasteiger charge is -2.51. The van der Waals surface area contributed by atoms with Gasteiger partial charge in [0.05, 0.1) is 31.9 Å². The number of fused-ring (bicyclic) bond motifs is 1. The lowest BCUT2D eigenvalue weighted by Crippen LogP contribution is -2.52. The van der Waals surface area contributed by atoms with Crippen LogP contribution in [0, 0.1) is 12.3 Å². The molecule has 7 nitrogen and oxygen atoms in total. The number of carboxylic acids is 1. The molecule has 1 saturated carbocycles. The smallest absolute Gasteiger partial charge is 0.335 e. The first kappa shape index (κ1) is 26.4. The number of aromatic amines is 1. The number of rotatable bonds is 6. The van der Waals surface area contributed by atoms with Gasteiger partial charge in [0.2, 0.25) is 5.92 Å². The van der Waals surface area contributed by atoms with Crippen molar-refractivity contribution in [3.63, 3.8) is 0 Å². The minimum absolute atomic E-state index is 0.0871. The predicted octanol–water partition coefficient (Wildman–Crippen LogP) is 5.69. The van der Waals surface area contributed by atoms with Crippen molar-refractivity contribution in [1.82, 2.24) is 9.88 Å². The molecule has 1 aliphatic carbocycles. The molecule has 3 N–H and O–H groups in total. The summed E-state index contributed by atoms with van der Waals surface area (Å²) >= 11 is 0. The number of benzene rings is 2. The summed E-state index contributed by atoms with van der Waals surface area (Å²) in [5, 5.41) is 13.1. The Kier molecular flexibility index (Phi) is 7.33. The highest BCUT2D eigenvalue weighted by atomic mass is 19.3. The monoisotopic (exact) mass is 527 g/mol. The Labute approximate surface area is 221 Å². The number of hydrogen-bond acceptors (Lipinski definition) is 5. The van der Waals surface area contributed by atoms with Gasteiger partial charge < -0.3 is 24.9 Å². The second-order valence-electron chi connectivity index (χ2n) is 10.9. The van der Waals surface area contributed by atoms with Gasteiger partial charge in [-0.1, -0.05) is 6.07 Å². The summed E-state index contributed by atoms with van der Waals surface area (Å²) in [5.41, 5.74) is 4.55. The Balaban J connectivity index is 0.000000179. The van der Waals surface area contributed by atoms with Crippen molar-refractivity contribution in [2.75, 3.05) is 38.7 Å². The molecule has 0 bridgehead atoms. The van der Waals surface area contributed by atoms with Crippen molar-refractivity contribution in [3.8, 4) is 5.75 Å². The maximum absolute atomic E-state index is 13.3. The minimum atomic E-state index is -2.42. The maximum Gasteiger partial charge on any atom is 0.335 e. The number of halogens is 2. The van der Waals surface area contributed by atoms with Crippen LogP contribution in [0.3, 0.4) is 0 Å². The van der Waals surface area contributed by atoms with Gasteiger partial charge in [0.1, 0.15) is 5.75 Å². The average Bonchev–Trinajstić information content (AvgIpc) is 3.35. The van der Waals surface area contributed by atoms with E-state index in [2.05, 4.69) is 34.3 Å². The van der Waals surface area contributed by atoms with Gasteiger partial charge in [0, 0.05) is 47.7 Å². The number of piperidine rings is 1. The van der Waals surface area contributed by atoms with Crippen LogP contribution < -0.4 is 10.1 Å². The third kappa shape index (κ3) is 5.63. The third-order valence-corrected chi connectivity index (χ3v) is 8.02. The van der Waals surface area contributed by atoms with Crippen LogP contribution in [0.1, 0.15) is 47.2 Å². The van der Waals surface area contributed by atoms with Crippen LogP contribution in [0.25, 0.3) is 10.9 Å². The molecule has 6 rings (SSSR count). The molecule has 0 amide bonds. The predicted molar refractivity (Wildman–Crippen MR) is 142 cm³/mol. The van der Waals surface area contributed by atoms with Crippen LogP contribution in [-0.2, 0) is 11.3 Å². The van der Waals surface area contributed by atoms with E-state index in [0.29, 0.717) is 24.8 Å². The average molecular weight is 528 g/mol. The van der Waals surface area contributed by atoms with E-state index in [1.807, 2.05) is 12.3 Å². The van der Waals surface area contributed by atoms with E-state index in [1.165, 1.54) is 16.5 Å². The number of likely N-dealkylation sites (tertiary alicyclic amines) is 1. The zero-order chi connectivity index (χ0) is 26.9. The molecule has 0 unspecified atom stereocenters. The van der Waals surface area contributed by atoms with E-state index < -0.39 is 11.9 Å². The third-order valence-electron chi connectivity index (χ3n) is 8.02. The quantitative estimate of drug-likeness (QED) is 0.382. The van der Waals surface area contributed by atoms with Crippen molar-refractivity contribution in [2.45, 2.75) is 51.1 Å². The van der Waals surface area contributed by atoms with Crippen LogP contribution in [0.15, 0.2) is 42.6 Å². The minimum Gasteiger partial charge on any atom is -0.496 e. The molecule has 3 heterocycles. The van der Waals surface area contributed by atoms with E-state index in [0.717, 1.165) is 49.4 Å². The summed E-state index contributed by atoms with van der Waals surface area (Å²) in [6.07, 6.45) is 3.90. The summed E-state index contributed by atoms with van der Waals surface area (Å²) in [6.45, 7) is 6.05. The van der Waals surface area contributed by atoms with Crippen molar-refractivity contribution in [1.29, 1.82) is 0 Å². The number of carbonyl (C=O) groups is 1. The number of ether oxygens (including phenoxy) is 2. The Morgan fingerprint density at radius 2 is 1.95 bits per heavy atom. The van der Waals surface area contributed by atoms with Crippen molar-refractivity contribution < 1.29 is 28.2 Å². The SMILES string of the molecule is COc1cc(C)c2[nH]ccc2c1CN1CCC2(CC1)CC(F)(F)C2.O=C(O)c1cccc(NC2COC2)c1. The van der Waals surface area contributed by atoms with Crippen molar-refractivity contribution >= 4 is 22.6 Å². The van der Waals surface area contributed by atoms with Gasteiger partial charge in [-0.15, -0.1) is 0 Å². The Morgan fingerprint density at radius 1 is 1.21 bits per heavy atom. The number of nitrogens with one attached hydrogen (secondary N) is 2. The lowest BCUT2D eigenvalue weighted by atomic mass is 9.61. The fourth-order valence-electron chi connectivity index (χ4n) is 5.89. The molecule has 2 saturated heterocycles. The zero-order valence-electron chi connectivity index (χ0n) is 21.9. The van der Waals surface area contributed by atoms with Gasteiger partial charge in [-0.2, -0.15) is 0 Å². The Hall–Kier alpha value is -3.17. The highest BCUT2D eigenvalue weighted by molar-refractivity contribution is 5.89. The van der Waals surface area contributed by atoms with E-state index in [1.54, 1.807) is 25.3 Å². The maximum atomic E-state index is 13.3. The van der Waals surface area contributed by atoms with E-state index in [4.69, 9.17) is 14.6 Å². The van der Waals surface area contributed by atoms with Crippen molar-refractivity contribution in [3.05, 3.63) is 59.3 Å². The molecule has 9 heteroatoms. The molecular formula is C29H35F2N3O4. The van der Waals surface area contributed by atoms with Crippen LogP contribution >= 0.6 is 0 Å². The number of aromatic carboxylic acids is 1. The first-order chi connectivity index (χ1) is 18.2. The first-order valence-corrected chi connectivity index (χ1v) is 13.1. The molecule has 3 aromatic rings. The van der Waals surface area contributed by atoms with Crippen LogP contribution in [0.4, 0.5) is 14.5 Å². The molecule has 2 aliphatic heterocycles. The highest BCUT2D eigenvalue weighted by Crippen LogP contribution is 2.57. The van der Waals surface area contributed by atoms with Gasteiger partial charge in [-0.05, 0) is 74.2 Å². The fourth-order valence-corrected chi connectivity index (χ4v) is 5.89. The highest BCUT2D eigenvalue weighted by Gasteiger charge is 2.56. The number of carboxylic acid groups (broad SMARTS) is 1. The number of hydrogen-bond donors (Lipinski definition) is 3. The summed E-state index contributed by atoms with van der Waals surface area (Å²) < 4.78 is 37.1. The first-order valence-electron chi connectivity index (χ1n) is 13.1. The molecule has 1 aromatic heterocycles. The number of anilines is 1.